The van der Waals surface area contributed by atoms with Crippen LogP contribution in [0.1, 0.15) is 17.3 Å². The van der Waals surface area contributed by atoms with Gasteiger partial charge < -0.3 is 0 Å². The van der Waals surface area contributed by atoms with Crippen molar-refractivity contribution in [3.63, 3.8) is 0 Å². The van der Waals surface area contributed by atoms with Gasteiger partial charge in [-0.3, -0.25) is 9.30 Å². The van der Waals surface area contributed by atoms with Crippen LogP contribution in [0.2, 0.25) is 0 Å². The fourth-order valence-electron chi connectivity index (χ4n) is 9.71. The minimum atomic E-state index is -3.09. The van der Waals surface area contributed by atoms with Crippen LogP contribution in [-0.4, -0.2) is 22.4 Å². The van der Waals surface area contributed by atoms with Gasteiger partial charge in [-0.1, -0.05) is 133 Å². The number of imidazole rings is 1. The fraction of sp³-hybridized carbons (Fsp3) is 0.0196. The molecule has 12 rings (SSSR count). The van der Waals surface area contributed by atoms with Crippen molar-refractivity contribution in [1.82, 2.24) is 14.4 Å². The van der Waals surface area contributed by atoms with E-state index in [-0.39, 0.29) is 0 Å². The van der Waals surface area contributed by atoms with E-state index in [4.69, 9.17) is 9.97 Å². The normalized spacial score (nSPS) is 14.0. The zero-order valence-corrected chi connectivity index (χ0v) is 32.9. The largest absolute Gasteiger partial charge is 0.299 e. The molecule has 1 atom stereocenters. The number of alkyl halides is 1. The quantitative estimate of drug-likeness (QED) is 0.129. The van der Waals surface area contributed by atoms with E-state index >= 15 is 4.39 Å². The van der Waals surface area contributed by atoms with Gasteiger partial charge in [0.25, 0.3) is 0 Å². The summed E-state index contributed by atoms with van der Waals surface area (Å²) in [5.74, 6) is 0.793. The molecule has 0 amide bonds. The number of hydrogen-bond acceptors (Lipinski definition) is 4. The predicted molar refractivity (Wildman–Crippen MR) is 242 cm³/mol. The van der Waals surface area contributed by atoms with E-state index in [0.29, 0.717) is 11.1 Å². The molecule has 0 saturated heterocycles. The van der Waals surface area contributed by atoms with Gasteiger partial charge in [0.15, 0.2) is 14.2 Å². The maximum Gasteiger partial charge on any atom is 0.185 e. The number of halogens is 1. The van der Waals surface area contributed by atoms with Gasteiger partial charge in [0.05, 0.1) is 5.52 Å². The van der Waals surface area contributed by atoms with Crippen LogP contribution in [0.4, 0.5) is 21.6 Å². The molecule has 7 aromatic carbocycles. The van der Waals surface area contributed by atoms with Crippen molar-refractivity contribution in [3.05, 3.63) is 206 Å². The van der Waals surface area contributed by atoms with Crippen LogP contribution in [0.25, 0.3) is 47.5 Å². The third-order valence-electron chi connectivity index (χ3n) is 12.1. The minimum absolute atomic E-state index is 0.597. The Morgan fingerprint density at radius 2 is 1.28 bits per heavy atom. The first kappa shape index (κ1) is 33.2. The van der Waals surface area contributed by atoms with Gasteiger partial charge in [0.1, 0.15) is 11.5 Å². The van der Waals surface area contributed by atoms with E-state index in [1.54, 1.807) is 11.3 Å². The summed E-state index contributed by atoms with van der Waals surface area (Å²) in [5, 5.41) is 10.2. The molecular weight excluding hydrogens is 748 g/mol. The highest BCUT2D eigenvalue weighted by Gasteiger charge is 2.51. The van der Waals surface area contributed by atoms with E-state index in [0.717, 1.165) is 64.7 Å². The Bertz CT molecular complexity index is 3340. The lowest BCUT2D eigenvalue weighted by atomic mass is 9.94. The standard InChI is InChI=1S/C51H33FN4SSi/c52-48(33-26-27-36-37-19-7-9-21-41(37)55-30-29-54-51(55)39(36)31-33)40-32-43-50(49-47(40)38-20-8-11-23-44(38)57-49)58(34-15-3-1-4-16-34,35-17-5-2-6-18-35)45-24-12-10-22-42(45)56(43)46-25-13-14-28-53-46/h1-32,48H. The van der Waals surface area contributed by atoms with Crippen molar-refractivity contribution in [1.29, 1.82) is 0 Å². The van der Waals surface area contributed by atoms with Crippen LogP contribution < -0.4 is 25.6 Å². The van der Waals surface area contributed by atoms with E-state index in [1.165, 1.54) is 20.7 Å². The van der Waals surface area contributed by atoms with E-state index in [1.807, 2.05) is 48.9 Å². The first-order chi connectivity index (χ1) is 28.7. The molecule has 1 aliphatic rings. The van der Waals surface area contributed by atoms with Crippen molar-refractivity contribution in [2.45, 2.75) is 6.17 Å². The summed E-state index contributed by atoms with van der Waals surface area (Å²) in [4.78, 5) is 12.0. The van der Waals surface area contributed by atoms with Crippen LogP contribution >= 0.6 is 11.3 Å². The number of anilines is 3. The molecule has 1 unspecified atom stereocenters. The highest BCUT2D eigenvalue weighted by Crippen LogP contribution is 2.47. The number of rotatable bonds is 5. The maximum atomic E-state index is 18.4. The summed E-state index contributed by atoms with van der Waals surface area (Å²) in [6, 6.07) is 62.0. The van der Waals surface area contributed by atoms with Gasteiger partial charge in [0.2, 0.25) is 0 Å². The summed E-state index contributed by atoms with van der Waals surface area (Å²) >= 11 is 1.78. The molecule has 0 saturated carbocycles. The summed E-state index contributed by atoms with van der Waals surface area (Å²) in [6.45, 7) is 0. The van der Waals surface area contributed by atoms with Gasteiger partial charge in [-0.25, -0.2) is 14.4 Å². The molecule has 0 bridgehead atoms. The van der Waals surface area contributed by atoms with E-state index in [9.17, 15) is 0 Å². The number of para-hydroxylation sites is 2. The predicted octanol–water partition coefficient (Wildman–Crippen LogP) is 10.6. The fourth-order valence-corrected chi connectivity index (χ4v) is 16.6. The molecular formula is C51H33FN4SSi. The lowest BCUT2D eigenvalue weighted by Crippen LogP contribution is -2.77. The molecule has 274 valence electrons. The third kappa shape index (κ3) is 4.60. The van der Waals surface area contributed by atoms with Crippen LogP contribution in [0.15, 0.2) is 195 Å². The second-order valence-electron chi connectivity index (χ2n) is 15.0. The Kier molecular flexibility index (Phi) is 7.33. The van der Waals surface area contributed by atoms with Gasteiger partial charge >= 0.3 is 0 Å². The Morgan fingerprint density at radius 3 is 2.07 bits per heavy atom. The number of hydrogen-bond donors (Lipinski definition) is 0. The van der Waals surface area contributed by atoms with Gasteiger partial charge in [-0.2, -0.15) is 0 Å². The molecule has 0 radical (unpaired) electrons. The van der Waals surface area contributed by atoms with Crippen LogP contribution in [0.3, 0.4) is 0 Å². The van der Waals surface area contributed by atoms with Crippen molar-refractivity contribution in [2.75, 3.05) is 4.90 Å². The lowest BCUT2D eigenvalue weighted by Gasteiger charge is -2.45. The summed E-state index contributed by atoms with van der Waals surface area (Å²) in [5.41, 5.74) is 5.17. The third-order valence-corrected chi connectivity index (χ3v) is 18.3. The second-order valence-corrected chi connectivity index (χ2v) is 19.7. The molecule has 0 spiro atoms. The Hall–Kier alpha value is -6.93. The van der Waals surface area contributed by atoms with Crippen molar-refractivity contribution >= 4 is 105 Å². The molecule has 0 N–H and O–H groups in total. The monoisotopic (exact) mass is 780 g/mol. The van der Waals surface area contributed by atoms with Crippen molar-refractivity contribution < 1.29 is 4.39 Å². The summed E-state index contributed by atoms with van der Waals surface area (Å²) in [7, 11) is -3.09. The van der Waals surface area contributed by atoms with Crippen LogP contribution in [-0.2, 0) is 0 Å². The van der Waals surface area contributed by atoms with Crippen molar-refractivity contribution in [2.24, 2.45) is 0 Å². The topological polar surface area (TPSA) is 33.4 Å². The summed E-state index contributed by atoms with van der Waals surface area (Å²) < 4.78 is 22.7. The SMILES string of the molecule is FC(c1ccc2c3ccccc3n3ccnc3c2c1)c1cc2c(c3sc4ccccc4c13)[Si](c1ccccc1)(c1ccccc1)c1ccccc1N2c1ccccn1. The van der Waals surface area contributed by atoms with E-state index < -0.39 is 14.2 Å². The number of nitrogens with zero attached hydrogens (tertiary/aromatic N) is 4. The zero-order chi connectivity index (χ0) is 38.4. The highest BCUT2D eigenvalue weighted by molar-refractivity contribution is 7.31. The zero-order valence-electron chi connectivity index (χ0n) is 31.1. The molecule has 4 nitrogen and oxygen atoms in total. The molecule has 0 aliphatic carbocycles. The number of pyridine rings is 2. The average molecular weight is 781 g/mol. The number of thiophene rings is 1. The number of aromatic nitrogens is 3. The molecule has 1 aliphatic heterocycles. The Labute approximate surface area is 338 Å². The summed E-state index contributed by atoms with van der Waals surface area (Å²) in [6.07, 6.45) is 4.22. The van der Waals surface area contributed by atoms with Crippen LogP contribution in [0.5, 0.6) is 0 Å². The highest BCUT2D eigenvalue weighted by atomic mass is 32.1. The molecule has 58 heavy (non-hydrogen) atoms. The van der Waals surface area contributed by atoms with Crippen LogP contribution in [0, 0.1) is 0 Å². The van der Waals surface area contributed by atoms with E-state index in [2.05, 4.69) is 155 Å². The molecule has 4 aromatic heterocycles. The number of benzene rings is 7. The van der Waals surface area contributed by atoms with Gasteiger partial charge in [-0.15, -0.1) is 11.3 Å². The molecule has 5 heterocycles. The first-order valence-corrected chi connectivity index (χ1v) is 22.4. The first-order valence-electron chi connectivity index (χ1n) is 19.5. The number of fused-ring (bicyclic) bond motifs is 12. The Morgan fingerprint density at radius 1 is 0.569 bits per heavy atom. The van der Waals surface area contributed by atoms with Gasteiger partial charge in [-0.05, 0) is 74.2 Å². The molecule has 11 aromatic rings. The minimum Gasteiger partial charge on any atom is -0.299 e. The lowest BCUT2D eigenvalue weighted by molar-refractivity contribution is 0.405. The molecule has 0 fully saturated rings. The Balaban J connectivity index is 1.23. The second kappa shape index (κ2) is 12.8. The van der Waals surface area contributed by atoms with Gasteiger partial charge in [0, 0.05) is 66.5 Å². The molecule has 7 heteroatoms. The smallest absolute Gasteiger partial charge is 0.185 e. The van der Waals surface area contributed by atoms with Crippen molar-refractivity contribution in [3.8, 4) is 0 Å². The average Bonchev–Trinajstić information content (AvgIpc) is 3.95. The maximum absolute atomic E-state index is 18.4.